The zero-order valence-electron chi connectivity index (χ0n) is 29.3. The third-order valence-corrected chi connectivity index (χ3v) is 10.1. The molecule has 0 amide bonds. The third-order valence-electron chi connectivity index (χ3n) is 10.1. The minimum absolute atomic E-state index is 1.10. The highest BCUT2D eigenvalue weighted by Crippen LogP contribution is 2.43. The number of rotatable bonds is 8. The quantitative estimate of drug-likeness (QED) is 0.155. The summed E-state index contributed by atoms with van der Waals surface area (Å²) in [6, 6.07) is 80.8. The lowest BCUT2D eigenvalue weighted by atomic mass is 9.95. The maximum Gasteiger partial charge on any atom is 0.0540 e. The van der Waals surface area contributed by atoms with Crippen molar-refractivity contribution in [2.45, 2.75) is 0 Å². The molecule has 0 aliphatic rings. The average molecular weight is 676 g/mol. The summed E-state index contributed by atoms with van der Waals surface area (Å²) in [6.07, 6.45) is 0. The number of anilines is 3. The summed E-state index contributed by atoms with van der Waals surface area (Å²) in [7, 11) is 0. The molecule has 0 saturated heterocycles. The van der Waals surface area contributed by atoms with Crippen molar-refractivity contribution in [2.75, 3.05) is 4.90 Å². The van der Waals surface area contributed by atoms with Crippen LogP contribution in [0.2, 0.25) is 0 Å². The number of hydrogen-bond acceptors (Lipinski definition) is 1. The van der Waals surface area contributed by atoms with Crippen LogP contribution in [0.15, 0.2) is 224 Å². The van der Waals surface area contributed by atoms with Crippen LogP contribution in [-0.4, -0.2) is 0 Å². The van der Waals surface area contributed by atoms with Crippen LogP contribution in [-0.2, 0) is 0 Å². The summed E-state index contributed by atoms with van der Waals surface area (Å²) in [5.41, 5.74) is 15.3. The van der Waals surface area contributed by atoms with Crippen LogP contribution < -0.4 is 4.90 Å². The van der Waals surface area contributed by atoms with Gasteiger partial charge in [-0.15, -0.1) is 0 Å². The summed E-state index contributed by atoms with van der Waals surface area (Å²) >= 11 is 0. The van der Waals surface area contributed by atoms with Gasteiger partial charge >= 0.3 is 0 Å². The van der Waals surface area contributed by atoms with Gasteiger partial charge in [-0.1, -0.05) is 188 Å². The maximum absolute atomic E-state index is 2.40. The molecule has 0 spiro atoms. The van der Waals surface area contributed by atoms with Gasteiger partial charge in [0.1, 0.15) is 0 Å². The third kappa shape index (κ3) is 6.53. The number of benzene rings is 9. The first-order valence-corrected chi connectivity index (χ1v) is 18.2. The van der Waals surface area contributed by atoms with Gasteiger partial charge in [-0.3, -0.25) is 0 Å². The summed E-state index contributed by atoms with van der Waals surface area (Å²) in [4.78, 5) is 2.40. The highest BCUT2D eigenvalue weighted by Gasteiger charge is 2.18. The van der Waals surface area contributed by atoms with Gasteiger partial charge < -0.3 is 4.90 Å². The second kappa shape index (κ2) is 14.3. The molecule has 0 atom stereocenters. The SMILES string of the molecule is c1ccc(-c2ccc(-c3ccccc3N(c3ccc(-c4ccccc4)cc3)c3cccc(-c4cccc(-c5cccc6ccccc56)c4)c3)cc2)cc1. The van der Waals surface area contributed by atoms with Gasteiger partial charge in [0.2, 0.25) is 0 Å². The molecule has 0 heterocycles. The van der Waals surface area contributed by atoms with Crippen LogP contribution in [0.4, 0.5) is 17.1 Å². The smallest absolute Gasteiger partial charge is 0.0540 e. The Labute approximate surface area is 311 Å². The van der Waals surface area contributed by atoms with E-state index in [1.807, 2.05) is 0 Å². The van der Waals surface area contributed by atoms with Gasteiger partial charge in [0.25, 0.3) is 0 Å². The van der Waals surface area contributed by atoms with Crippen molar-refractivity contribution in [1.29, 1.82) is 0 Å². The van der Waals surface area contributed by atoms with Gasteiger partial charge in [-0.25, -0.2) is 0 Å². The van der Waals surface area contributed by atoms with Crippen LogP contribution in [0, 0.1) is 0 Å². The molecule has 0 aromatic heterocycles. The number of para-hydroxylation sites is 1. The Balaban J connectivity index is 1.15. The van der Waals surface area contributed by atoms with Crippen molar-refractivity contribution < 1.29 is 0 Å². The van der Waals surface area contributed by atoms with Gasteiger partial charge in [0.05, 0.1) is 5.69 Å². The lowest BCUT2D eigenvalue weighted by molar-refractivity contribution is 1.28. The molecule has 0 bridgehead atoms. The molecule has 1 heteroatoms. The van der Waals surface area contributed by atoms with Crippen LogP contribution >= 0.6 is 0 Å². The second-order valence-electron chi connectivity index (χ2n) is 13.4. The van der Waals surface area contributed by atoms with E-state index in [0.29, 0.717) is 0 Å². The molecule has 9 rings (SSSR count). The van der Waals surface area contributed by atoms with E-state index in [0.717, 1.165) is 17.1 Å². The van der Waals surface area contributed by atoms with Crippen molar-refractivity contribution >= 4 is 27.8 Å². The summed E-state index contributed by atoms with van der Waals surface area (Å²) in [5.74, 6) is 0. The van der Waals surface area contributed by atoms with Crippen LogP contribution in [0.1, 0.15) is 0 Å². The van der Waals surface area contributed by atoms with Crippen molar-refractivity contribution in [3.63, 3.8) is 0 Å². The Bertz CT molecular complexity index is 2640. The first-order valence-electron chi connectivity index (χ1n) is 18.2. The van der Waals surface area contributed by atoms with Crippen molar-refractivity contribution in [2.24, 2.45) is 0 Å². The first-order chi connectivity index (χ1) is 26.3. The topological polar surface area (TPSA) is 3.24 Å². The second-order valence-corrected chi connectivity index (χ2v) is 13.4. The molecule has 0 fully saturated rings. The molecule has 53 heavy (non-hydrogen) atoms. The molecular weight excluding hydrogens is 639 g/mol. The lowest BCUT2D eigenvalue weighted by Crippen LogP contribution is -2.11. The molecule has 250 valence electrons. The van der Waals surface area contributed by atoms with E-state index in [1.54, 1.807) is 0 Å². The fourth-order valence-corrected chi connectivity index (χ4v) is 7.41. The Morgan fingerprint density at radius 3 is 1.45 bits per heavy atom. The highest BCUT2D eigenvalue weighted by molar-refractivity contribution is 5.97. The molecular formula is C52H37N. The predicted octanol–water partition coefficient (Wildman–Crippen LogP) is 14.6. The number of hydrogen-bond donors (Lipinski definition) is 0. The molecule has 9 aromatic rings. The van der Waals surface area contributed by atoms with Gasteiger partial charge in [0, 0.05) is 16.9 Å². The summed E-state index contributed by atoms with van der Waals surface area (Å²) in [5, 5.41) is 2.51. The van der Waals surface area contributed by atoms with E-state index in [9.17, 15) is 0 Å². The Kier molecular flexibility index (Phi) is 8.66. The standard InChI is InChI=1S/C52H37N/c1-3-14-38(15-4-1)40-28-30-43(31-29-40)51-25-9-10-27-52(51)53(47-34-32-41(33-35-47)39-16-5-2-6-17-39)48-23-12-21-45(37-48)44-20-11-22-46(36-44)50-26-13-19-42-18-7-8-24-49(42)50/h1-37H. The summed E-state index contributed by atoms with van der Waals surface area (Å²) < 4.78 is 0. The summed E-state index contributed by atoms with van der Waals surface area (Å²) in [6.45, 7) is 0. The normalized spacial score (nSPS) is 11.0. The van der Waals surface area contributed by atoms with Crippen molar-refractivity contribution in [3.05, 3.63) is 224 Å². The van der Waals surface area contributed by atoms with Crippen LogP contribution in [0.25, 0.3) is 66.4 Å². The molecule has 0 aliphatic heterocycles. The molecule has 0 aliphatic carbocycles. The van der Waals surface area contributed by atoms with Crippen molar-refractivity contribution in [3.8, 4) is 55.6 Å². The van der Waals surface area contributed by atoms with Gasteiger partial charge in [-0.2, -0.15) is 0 Å². The lowest BCUT2D eigenvalue weighted by Gasteiger charge is -2.28. The Morgan fingerprint density at radius 1 is 0.245 bits per heavy atom. The van der Waals surface area contributed by atoms with Crippen LogP contribution in [0.5, 0.6) is 0 Å². The monoisotopic (exact) mass is 675 g/mol. The van der Waals surface area contributed by atoms with E-state index < -0.39 is 0 Å². The fourth-order valence-electron chi connectivity index (χ4n) is 7.41. The number of nitrogens with zero attached hydrogens (tertiary/aromatic N) is 1. The number of fused-ring (bicyclic) bond motifs is 1. The Morgan fingerprint density at radius 2 is 0.717 bits per heavy atom. The minimum Gasteiger partial charge on any atom is -0.310 e. The van der Waals surface area contributed by atoms with E-state index in [-0.39, 0.29) is 0 Å². The largest absolute Gasteiger partial charge is 0.310 e. The van der Waals surface area contributed by atoms with E-state index >= 15 is 0 Å². The average Bonchev–Trinajstić information content (AvgIpc) is 3.25. The zero-order valence-corrected chi connectivity index (χ0v) is 29.3. The van der Waals surface area contributed by atoms with E-state index in [2.05, 4.69) is 229 Å². The van der Waals surface area contributed by atoms with Gasteiger partial charge in [-0.05, 0) is 97.2 Å². The van der Waals surface area contributed by atoms with Crippen molar-refractivity contribution in [1.82, 2.24) is 0 Å². The highest BCUT2D eigenvalue weighted by atomic mass is 15.1. The molecule has 0 unspecified atom stereocenters. The predicted molar refractivity (Wildman–Crippen MR) is 226 cm³/mol. The van der Waals surface area contributed by atoms with Crippen LogP contribution in [0.3, 0.4) is 0 Å². The van der Waals surface area contributed by atoms with Gasteiger partial charge in [0.15, 0.2) is 0 Å². The molecule has 0 N–H and O–H groups in total. The molecule has 9 aromatic carbocycles. The Hall–Kier alpha value is -6.96. The minimum atomic E-state index is 1.10. The van der Waals surface area contributed by atoms with E-state index in [1.165, 1.54) is 66.4 Å². The van der Waals surface area contributed by atoms with E-state index in [4.69, 9.17) is 0 Å². The first kappa shape index (κ1) is 32.0. The molecule has 0 saturated carbocycles. The molecule has 0 radical (unpaired) electrons. The zero-order chi connectivity index (χ0) is 35.4. The maximum atomic E-state index is 2.40. The molecule has 1 nitrogen and oxygen atoms in total. The fraction of sp³-hybridized carbons (Fsp3) is 0.